The maximum Gasteiger partial charge on any atom is 0.0857 e. The van der Waals surface area contributed by atoms with Crippen LogP contribution in [0.1, 0.15) is 33.3 Å². The van der Waals surface area contributed by atoms with Crippen LogP contribution in [0.3, 0.4) is 0 Å². The van der Waals surface area contributed by atoms with E-state index in [0.717, 1.165) is 11.4 Å². The predicted molar refractivity (Wildman–Crippen MR) is 75.6 cm³/mol. The zero-order valence-corrected chi connectivity index (χ0v) is 11.4. The lowest BCUT2D eigenvalue weighted by molar-refractivity contribution is 1.16. The molecule has 1 aromatic rings. The van der Waals surface area contributed by atoms with E-state index in [9.17, 15) is 0 Å². The van der Waals surface area contributed by atoms with E-state index in [1.165, 1.54) is 5.56 Å². The topological polar surface area (TPSA) is 24.7 Å². The van der Waals surface area contributed by atoms with E-state index in [-0.39, 0.29) is 0 Å². The summed E-state index contributed by atoms with van der Waals surface area (Å²) in [7, 11) is 0. The minimum Gasteiger partial charge on any atom is -0.151 e. The molecule has 0 aliphatic carbocycles. The number of allylic oxidation sites excluding steroid dienone is 3. The van der Waals surface area contributed by atoms with Gasteiger partial charge in [-0.05, 0) is 39.0 Å². The normalized spacial score (nSPS) is 11.7. The standard InChI is InChI=1S/C13H16N2.C2H6/c1-4-6-12(5-2)14-15-13-9-7-11(3)8-10-13;1-2/h4-10H,1-3H3;1-2H3/b6-4-,12-5+,15-14?;. The highest BCUT2D eigenvalue weighted by Gasteiger charge is 1.89. The minimum absolute atomic E-state index is 0.873. The molecule has 0 radical (unpaired) electrons. The number of hydrogen-bond donors (Lipinski definition) is 0. The van der Waals surface area contributed by atoms with Crippen molar-refractivity contribution in [2.45, 2.75) is 34.6 Å². The van der Waals surface area contributed by atoms with Gasteiger partial charge in [-0.2, -0.15) is 10.2 Å². The van der Waals surface area contributed by atoms with Crippen LogP contribution >= 0.6 is 0 Å². The number of aryl methyl sites for hydroxylation is 1. The zero-order valence-electron chi connectivity index (χ0n) is 11.4. The molecule has 0 unspecified atom stereocenters. The Balaban J connectivity index is 0.00000121. The Kier molecular flexibility index (Phi) is 8.57. The van der Waals surface area contributed by atoms with Gasteiger partial charge in [0.05, 0.1) is 11.4 Å². The van der Waals surface area contributed by atoms with Crippen molar-refractivity contribution in [3.05, 3.63) is 53.8 Å². The molecule has 2 heteroatoms. The van der Waals surface area contributed by atoms with E-state index in [2.05, 4.69) is 17.2 Å². The van der Waals surface area contributed by atoms with Crippen LogP contribution in [0.2, 0.25) is 0 Å². The van der Waals surface area contributed by atoms with Gasteiger partial charge in [0.25, 0.3) is 0 Å². The van der Waals surface area contributed by atoms with E-state index in [1.54, 1.807) is 0 Å². The monoisotopic (exact) mass is 230 g/mol. The molecule has 0 heterocycles. The summed E-state index contributed by atoms with van der Waals surface area (Å²) in [5, 5.41) is 8.27. The summed E-state index contributed by atoms with van der Waals surface area (Å²) in [6, 6.07) is 7.97. The molecule has 2 nitrogen and oxygen atoms in total. The third-order valence-electron chi connectivity index (χ3n) is 1.95. The fourth-order valence-corrected chi connectivity index (χ4v) is 1.08. The molecule has 1 aromatic carbocycles. The van der Waals surface area contributed by atoms with Crippen molar-refractivity contribution >= 4 is 5.69 Å². The van der Waals surface area contributed by atoms with Crippen molar-refractivity contribution in [1.82, 2.24) is 0 Å². The van der Waals surface area contributed by atoms with Crippen LogP contribution in [0.15, 0.2) is 58.4 Å². The van der Waals surface area contributed by atoms with Crippen LogP contribution in [0.4, 0.5) is 5.69 Å². The van der Waals surface area contributed by atoms with Crippen molar-refractivity contribution in [2.24, 2.45) is 10.2 Å². The Hall–Kier alpha value is -1.70. The molecule has 0 saturated carbocycles. The van der Waals surface area contributed by atoms with Crippen LogP contribution in [0.5, 0.6) is 0 Å². The number of hydrogen-bond acceptors (Lipinski definition) is 2. The second-order valence-electron chi connectivity index (χ2n) is 3.25. The van der Waals surface area contributed by atoms with E-state index < -0.39 is 0 Å². The molecule has 0 fully saturated rings. The van der Waals surface area contributed by atoms with Gasteiger partial charge in [0.15, 0.2) is 0 Å². The average molecular weight is 230 g/mol. The molecule has 0 bridgehead atoms. The number of rotatable bonds is 3. The Morgan fingerprint density at radius 1 is 1.06 bits per heavy atom. The highest BCUT2D eigenvalue weighted by Crippen LogP contribution is 2.14. The van der Waals surface area contributed by atoms with Gasteiger partial charge in [0.1, 0.15) is 0 Å². The highest BCUT2D eigenvalue weighted by atomic mass is 15.1. The maximum absolute atomic E-state index is 4.14. The molecule has 0 saturated heterocycles. The Bertz CT molecular complexity index is 384. The van der Waals surface area contributed by atoms with Gasteiger partial charge < -0.3 is 0 Å². The maximum atomic E-state index is 4.14. The van der Waals surface area contributed by atoms with Crippen LogP contribution < -0.4 is 0 Å². The Morgan fingerprint density at radius 3 is 2.12 bits per heavy atom. The van der Waals surface area contributed by atoms with Crippen molar-refractivity contribution in [2.75, 3.05) is 0 Å². The smallest absolute Gasteiger partial charge is 0.0857 e. The Morgan fingerprint density at radius 2 is 1.65 bits per heavy atom. The molecule has 0 N–H and O–H groups in total. The van der Waals surface area contributed by atoms with Gasteiger partial charge in [-0.3, -0.25) is 0 Å². The third kappa shape index (κ3) is 6.46. The first kappa shape index (κ1) is 15.3. The first-order chi connectivity index (χ1) is 8.26. The Labute approximate surface area is 105 Å². The molecular weight excluding hydrogens is 208 g/mol. The molecule has 0 atom stereocenters. The van der Waals surface area contributed by atoms with Crippen molar-refractivity contribution in [3.8, 4) is 0 Å². The summed E-state index contributed by atoms with van der Waals surface area (Å²) in [5.41, 5.74) is 2.98. The molecule has 0 aliphatic rings. The van der Waals surface area contributed by atoms with E-state index in [1.807, 2.05) is 70.2 Å². The molecule has 0 aliphatic heterocycles. The van der Waals surface area contributed by atoms with Crippen LogP contribution in [-0.2, 0) is 0 Å². The first-order valence-corrected chi connectivity index (χ1v) is 6.03. The van der Waals surface area contributed by atoms with Gasteiger partial charge in [0.2, 0.25) is 0 Å². The summed E-state index contributed by atoms with van der Waals surface area (Å²) < 4.78 is 0. The summed E-state index contributed by atoms with van der Waals surface area (Å²) in [5.74, 6) is 0. The lowest BCUT2D eigenvalue weighted by Crippen LogP contribution is -1.70. The van der Waals surface area contributed by atoms with Gasteiger partial charge >= 0.3 is 0 Å². The molecular formula is C15H22N2. The lowest BCUT2D eigenvalue weighted by atomic mass is 10.2. The largest absolute Gasteiger partial charge is 0.151 e. The summed E-state index contributed by atoms with van der Waals surface area (Å²) >= 11 is 0. The van der Waals surface area contributed by atoms with Crippen molar-refractivity contribution < 1.29 is 0 Å². The average Bonchev–Trinajstić information content (AvgIpc) is 2.39. The molecule has 0 amide bonds. The second-order valence-corrected chi connectivity index (χ2v) is 3.25. The fraction of sp³-hybridized carbons (Fsp3) is 0.333. The van der Waals surface area contributed by atoms with Crippen LogP contribution in [0.25, 0.3) is 0 Å². The second kappa shape index (κ2) is 9.52. The summed E-state index contributed by atoms with van der Waals surface area (Å²) in [4.78, 5) is 0. The predicted octanol–water partition coefficient (Wildman–Crippen LogP) is 5.58. The molecule has 0 aromatic heterocycles. The third-order valence-corrected chi connectivity index (χ3v) is 1.95. The van der Waals surface area contributed by atoms with Gasteiger partial charge in [-0.25, -0.2) is 0 Å². The van der Waals surface area contributed by atoms with E-state index >= 15 is 0 Å². The van der Waals surface area contributed by atoms with E-state index in [0.29, 0.717) is 0 Å². The first-order valence-electron chi connectivity index (χ1n) is 6.03. The van der Waals surface area contributed by atoms with Crippen LogP contribution in [0, 0.1) is 6.92 Å². The fourth-order valence-electron chi connectivity index (χ4n) is 1.08. The number of azo groups is 1. The molecule has 1 rings (SSSR count). The number of nitrogens with zero attached hydrogens (tertiary/aromatic N) is 2. The lowest BCUT2D eigenvalue weighted by Gasteiger charge is -1.94. The quantitative estimate of drug-likeness (QED) is 0.478. The zero-order chi connectivity index (χ0) is 13.1. The SMILES string of the molecule is C/C=C\C(=C/C)N=Nc1ccc(C)cc1.CC. The van der Waals surface area contributed by atoms with Crippen LogP contribution in [-0.4, -0.2) is 0 Å². The molecule has 17 heavy (non-hydrogen) atoms. The number of benzene rings is 1. The van der Waals surface area contributed by atoms with Gasteiger partial charge in [-0.1, -0.05) is 43.7 Å². The van der Waals surface area contributed by atoms with E-state index in [4.69, 9.17) is 0 Å². The minimum atomic E-state index is 0.873. The van der Waals surface area contributed by atoms with Gasteiger partial charge in [0, 0.05) is 0 Å². The summed E-state index contributed by atoms with van der Waals surface area (Å²) in [6.45, 7) is 9.96. The molecule has 0 spiro atoms. The molecule has 92 valence electrons. The van der Waals surface area contributed by atoms with Crippen molar-refractivity contribution in [1.29, 1.82) is 0 Å². The van der Waals surface area contributed by atoms with Crippen molar-refractivity contribution in [3.63, 3.8) is 0 Å². The summed E-state index contributed by atoms with van der Waals surface area (Å²) in [6.07, 6.45) is 5.80. The van der Waals surface area contributed by atoms with Gasteiger partial charge in [-0.15, -0.1) is 0 Å². The highest BCUT2D eigenvalue weighted by molar-refractivity contribution is 5.38.